The number of aryl methyl sites for hydroxylation is 1. The molecule has 0 bridgehead atoms. The van der Waals surface area contributed by atoms with Crippen LogP contribution in [-0.2, 0) is 14.8 Å². The van der Waals surface area contributed by atoms with Gasteiger partial charge in [0, 0.05) is 0 Å². The molecular weight excluding hydrogens is 468 g/mol. The maximum Gasteiger partial charge on any atom is 0.270 e. The first-order valence-corrected chi connectivity index (χ1v) is 12.5. The number of amides is 3. The summed E-state index contributed by atoms with van der Waals surface area (Å²) in [4.78, 5) is 40.4. The lowest BCUT2D eigenvalue weighted by Gasteiger charge is -2.29. The van der Waals surface area contributed by atoms with Gasteiger partial charge in [-0.2, -0.15) is 0 Å². The molecule has 1 aliphatic rings. The topological polar surface area (TPSA) is 101 Å². The van der Waals surface area contributed by atoms with Crippen molar-refractivity contribution in [3.63, 3.8) is 0 Å². The van der Waals surface area contributed by atoms with Gasteiger partial charge in [0.25, 0.3) is 27.7 Å². The molecule has 3 aromatic rings. The first kappa shape index (κ1) is 24.2. The summed E-state index contributed by atoms with van der Waals surface area (Å²) in [5.41, 5.74) is 1.25. The molecule has 0 spiro atoms. The van der Waals surface area contributed by atoms with Crippen molar-refractivity contribution in [3.05, 3.63) is 89.5 Å². The van der Waals surface area contributed by atoms with E-state index in [-0.39, 0.29) is 21.7 Å². The lowest BCUT2D eigenvalue weighted by atomic mass is 10.1. The highest BCUT2D eigenvalue weighted by Crippen LogP contribution is 2.30. The van der Waals surface area contributed by atoms with Crippen molar-refractivity contribution < 1.29 is 27.5 Å². The summed E-state index contributed by atoms with van der Waals surface area (Å²) in [5.74, 6) is -1.73. The predicted octanol–water partition coefficient (Wildman–Crippen LogP) is 3.80. The largest absolute Gasteiger partial charge is 0.494 e. The molecule has 9 heteroatoms. The Morgan fingerprint density at radius 3 is 1.97 bits per heavy atom. The summed E-state index contributed by atoms with van der Waals surface area (Å²) < 4.78 is 33.4. The predicted molar refractivity (Wildman–Crippen MR) is 130 cm³/mol. The Bertz CT molecular complexity index is 1360. The molecule has 0 aliphatic carbocycles. The Morgan fingerprint density at radius 1 is 0.914 bits per heavy atom. The maximum atomic E-state index is 13.7. The number of carbonyl (C=O) groups excluding carboxylic acids is 3. The van der Waals surface area contributed by atoms with Gasteiger partial charge in [0.2, 0.25) is 0 Å². The Labute approximate surface area is 203 Å². The summed E-state index contributed by atoms with van der Waals surface area (Å²) >= 11 is 0. The van der Waals surface area contributed by atoms with E-state index < -0.39 is 33.8 Å². The highest BCUT2D eigenvalue weighted by Gasteiger charge is 2.44. The average Bonchev–Trinajstić information content (AvgIpc) is 3.10. The molecule has 0 N–H and O–H groups in total. The van der Waals surface area contributed by atoms with Crippen LogP contribution in [0.3, 0.4) is 0 Å². The first-order valence-electron chi connectivity index (χ1n) is 11.0. The molecule has 8 nitrogen and oxygen atoms in total. The zero-order chi connectivity index (χ0) is 25.3. The van der Waals surface area contributed by atoms with Crippen molar-refractivity contribution in [3.8, 4) is 5.75 Å². The number of fused-ring (bicyclic) bond motifs is 1. The third-order valence-electron chi connectivity index (χ3n) is 5.71. The van der Waals surface area contributed by atoms with Gasteiger partial charge in [-0.05, 0) is 69.3 Å². The molecule has 0 saturated heterocycles. The second kappa shape index (κ2) is 9.34. The van der Waals surface area contributed by atoms with Crippen molar-refractivity contribution in [1.82, 2.24) is 4.90 Å². The Kier molecular flexibility index (Phi) is 6.45. The molecule has 3 aromatic carbocycles. The number of hydrogen-bond donors (Lipinski definition) is 0. The van der Waals surface area contributed by atoms with E-state index in [0.717, 1.165) is 10.5 Å². The molecule has 0 saturated carbocycles. The number of nitrogens with zero attached hydrogens (tertiary/aromatic N) is 2. The van der Waals surface area contributed by atoms with Gasteiger partial charge in [0.05, 0.1) is 28.3 Å². The van der Waals surface area contributed by atoms with Crippen molar-refractivity contribution in [2.24, 2.45) is 0 Å². The quantitative estimate of drug-likeness (QED) is 0.465. The van der Waals surface area contributed by atoms with Crippen LogP contribution in [0.15, 0.2) is 77.7 Å². The van der Waals surface area contributed by atoms with Crippen LogP contribution >= 0.6 is 0 Å². The molecule has 1 aliphatic heterocycles. The second-order valence-corrected chi connectivity index (χ2v) is 9.84. The van der Waals surface area contributed by atoms with Gasteiger partial charge in [-0.25, -0.2) is 12.7 Å². The van der Waals surface area contributed by atoms with E-state index in [1.807, 2.05) is 13.8 Å². The van der Waals surface area contributed by atoms with E-state index in [2.05, 4.69) is 0 Å². The normalized spacial score (nSPS) is 14.0. The molecule has 35 heavy (non-hydrogen) atoms. The standard InChI is InChI=1S/C26H24N2O6S/c1-4-34-20-13-11-19(12-14-20)28(35(32,33)21-15-9-17(2)10-16-21)24(29)18(3)27-25(30)22-7-5-6-8-23(22)26(27)31/h5-16,18H,4H2,1-3H3. The Morgan fingerprint density at radius 2 is 1.46 bits per heavy atom. The van der Waals surface area contributed by atoms with E-state index in [1.54, 1.807) is 36.4 Å². The molecule has 1 atom stereocenters. The summed E-state index contributed by atoms with van der Waals surface area (Å²) in [7, 11) is -4.38. The van der Waals surface area contributed by atoms with Crippen molar-refractivity contribution in [2.75, 3.05) is 10.9 Å². The minimum absolute atomic E-state index is 0.0579. The van der Waals surface area contributed by atoms with Gasteiger partial charge in [-0.15, -0.1) is 0 Å². The highest BCUT2D eigenvalue weighted by molar-refractivity contribution is 7.93. The third-order valence-corrected chi connectivity index (χ3v) is 7.45. The van der Waals surface area contributed by atoms with E-state index in [4.69, 9.17) is 4.74 Å². The number of sulfonamides is 1. The van der Waals surface area contributed by atoms with Gasteiger partial charge < -0.3 is 4.74 Å². The molecule has 4 rings (SSSR count). The van der Waals surface area contributed by atoms with Crippen LogP contribution in [0.5, 0.6) is 5.75 Å². The summed E-state index contributed by atoms with van der Waals surface area (Å²) in [6.45, 7) is 5.39. The van der Waals surface area contributed by atoms with Crippen LogP contribution in [0.2, 0.25) is 0 Å². The lowest BCUT2D eigenvalue weighted by Crippen LogP contribution is -2.51. The van der Waals surface area contributed by atoms with Gasteiger partial charge in [0.1, 0.15) is 11.8 Å². The zero-order valence-electron chi connectivity index (χ0n) is 19.5. The molecule has 0 aromatic heterocycles. The van der Waals surface area contributed by atoms with E-state index >= 15 is 0 Å². The number of rotatable bonds is 7. The number of benzene rings is 3. The average molecular weight is 493 g/mol. The first-order chi connectivity index (χ1) is 16.7. The number of carbonyl (C=O) groups is 3. The molecule has 1 heterocycles. The number of hydrogen-bond acceptors (Lipinski definition) is 6. The number of anilines is 1. The molecule has 180 valence electrons. The van der Waals surface area contributed by atoms with E-state index in [0.29, 0.717) is 16.7 Å². The molecule has 1 unspecified atom stereocenters. The minimum atomic E-state index is -4.38. The van der Waals surface area contributed by atoms with E-state index in [9.17, 15) is 22.8 Å². The van der Waals surface area contributed by atoms with Gasteiger partial charge in [-0.3, -0.25) is 19.3 Å². The third kappa shape index (κ3) is 4.30. The molecule has 0 radical (unpaired) electrons. The van der Waals surface area contributed by atoms with Gasteiger partial charge >= 0.3 is 0 Å². The highest BCUT2D eigenvalue weighted by atomic mass is 32.2. The SMILES string of the molecule is CCOc1ccc(N(C(=O)C(C)N2C(=O)c3ccccc3C2=O)S(=O)(=O)c2ccc(C)cc2)cc1. The summed E-state index contributed by atoms with van der Waals surface area (Å²) in [6.07, 6.45) is 0. The lowest BCUT2D eigenvalue weighted by molar-refractivity contribution is -0.120. The Hall–Kier alpha value is -3.98. The summed E-state index contributed by atoms with van der Waals surface area (Å²) in [6, 6.07) is 16.9. The van der Waals surface area contributed by atoms with Gasteiger partial charge in [-0.1, -0.05) is 29.8 Å². The van der Waals surface area contributed by atoms with Crippen LogP contribution < -0.4 is 9.04 Å². The van der Waals surface area contributed by atoms with Crippen LogP contribution in [0.25, 0.3) is 0 Å². The number of ether oxygens (including phenoxy) is 1. The van der Waals surface area contributed by atoms with Crippen LogP contribution in [0.1, 0.15) is 40.1 Å². The Balaban J connectivity index is 1.77. The fourth-order valence-corrected chi connectivity index (χ4v) is 5.36. The summed E-state index contributed by atoms with van der Waals surface area (Å²) in [5, 5.41) is 0. The van der Waals surface area contributed by atoms with E-state index in [1.165, 1.54) is 43.3 Å². The smallest absolute Gasteiger partial charge is 0.270 e. The second-order valence-electron chi connectivity index (χ2n) is 8.05. The zero-order valence-corrected chi connectivity index (χ0v) is 20.3. The number of imide groups is 1. The van der Waals surface area contributed by atoms with Crippen molar-refractivity contribution >= 4 is 33.4 Å². The fourth-order valence-electron chi connectivity index (χ4n) is 3.88. The van der Waals surface area contributed by atoms with Crippen LogP contribution in [0, 0.1) is 6.92 Å². The monoisotopic (exact) mass is 492 g/mol. The fraction of sp³-hybridized carbons (Fsp3) is 0.192. The molecule has 3 amide bonds. The van der Waals surface area contributed by atoms with Crippen molar-refractivity contribution in [2.45, 2.75) is 31.7 Å². The minimum Gasteiger partial charge on any atom is -0.494 e. The molecular formula is C26H24N2O6S. The van der Waals surface area contributed by atoms with Crippen molar-refractivity contribution in [1.29, 1.82) is 0 Å². The maximum absolute atomic E-state index is 13.7. The van der Waals surface area contributed by atoms with Crippen LogP contribution in [-0.4, -0.2) is 43.7 Å². The van der Waals surface area contributed by atoms with Crippen LogP contribution in [0.4, 0.5) is 5.69 Å². The molecule has 0 fully saturated rings. The van der Waals surface area contributed by atoms with Gasteiger partial charge in [0.15, 0.2) is 0 Å².